The van der Waals surface area contributed by atoms with Gasteiger partial charge in [-0.3, -0.25) is 9.05 Å². The first kappa shape index (κ1) is 70.6. The van der Waals surface area contributed by atoms with Gasteiger partial charge in [0.2, 0.25) is 0 Å². The number of rotatable bonds is 19. The van der Waals surface area contributed by atoms with Crippen LogP contribution in [-0.2, 0) is 67.9 Å². The van der Waals surface area contributed by atoms with E-state index in [-0.39, 0.29) is 70.8 Å². The number of allylic oxidation sites excluding steroid dienone is 5. The zero-order valence-electron chi connectivity index (χ0n) is 40.3. The number of benzene rings is 3. The van der Waals surface area contributed by atoms with Crippen LogP contribution in [0.1, 0.15) is 38.8 Å². The molecule has 1 aliphatic carbocycles. The quantitative estimate of drug-likeness (QED) is 0.0371. The molecule has 22 heteroatoms. The molecule has 66 heavy (non-hydrogen) atoms. The zero-order valence-corrected chi connectivity index (χ0v) is 46.1. The van der Waals surface area contributed by atoms with Crippen molar-refractivity contribution in [1.82, 2.24) is 20.7 Å². The van der Waals surface area contributed by atoms with Crippen LogP contribution in [0, 0.1) is 18.1 Å². The molecule has 0 radical (unpaired) electrons. The summed E-state index contributed by atoms with van der Waals surface area (Å²) in [4.78, 5) is 0. The molecule has 0 bridgehead atoms. The van der Waals surface area contributed by atoms with Gasteiger partial charge in [0, 0.05) is 106 Å². The van der Waals surface area contributed by atoms with Gasteiger partial charge in [-0.25, -0.2) is 37.3 Å². The molecule has 0 spiro atoms. The number of methoxy groups -OCH3 is 2. The smallest absolute Gasteiger partial charge is 1.00 e. The maximum atomic E-state index is 11.7. The van der Waals surface area contributed by atoms with Gasteiger partial charge in [-0.15, -0.1) is 0 Å². The topological polar surface area (TPSA) is 181 Å². The van der Waals surface area contributed by atoms with Gasteiger partial charge in [-0.05, 0) is 51.7 Å². The third-order valence-corrected chi connectivity index (χ3v) is 11.9. The normalized spacial score (nSPS) is 15.4. The fraction of sp³-hybridized carbons (Fsp3) is 0.455. The molecule has 0 saturated carbocycles. The van der Waals surface area contributed by atoms with E-state index in [9.17, 15) is 18.3 Å². The Balaban J connectivity index is -0.000000357. The van der Waals surface area contributed by atoms with E-state index in [2.05, 4.69) is 46.9 Å². The first-order valence-corrected chi connectivity index (χ1v) is 24.4. The van der Waals surface area contributed by atoms with E-state index in [0.717, 1.165) is 25.0 Å². The second kappa shape index (κ2) is 46.7. The molecule has 366 valence electrons. The van der Waals surface area contributed by atoms with Crippen molar-refractivity contribution in [3.63, 3.8) is 0 Å². The largest absolute Gasteiger partial charge is 2.00 e. The summed E-state index contributed by atoms with van der Waals surface area (Å²) < 4.78 is 81.4. The van der Waals surface area contributed by atoms with Crippen molar-refractivity contribution >= 4 is 55.9 Å². The van der Waals surface area contributed by atoms with Gasteiger partial charge in [0.05, 0.1) is 11.6 Å². The molecule has 3 N–H and O–H groups in total. The van der Waals surface area contributed by atoms with Crippen LogP contribution < -0.4 is 28.5 Å². The first-order chi connectivity index (χ1) is 30.7. The van der Waals surface area contributed by atoms with E-state index in [4.69, 9.17) is 18.1 Å². The molecule has 16 nitrogen and oxygen atoms in total. The van der Waals surface area contributed by atoms with Crippen molar-refractivity contribution in [2.75, 3.05) is 70.0 Å². The van der Waals surface area contributed by atoms with Crippen LogP contribution in [-0.4, -0.2) is 116 Å². The predicted molar refractivity (Wildman–Crippen MR) is 261 cm³/mol. The zero-order chi connectivity index (χ0) is 48.5. The van der Waals surface area contributed by atoms with Crippen molar-refractivity contribution in [2.24, 2.45) is 5.92 Å². The van der Waals surface area contributed by atoms with E-state index >= 15 is 0 Å². The van der Waals surface area contributed by atoms with Crippen molar-refractivity contribution < 1.29 is 67.5 Å². The molecule has 0 aromatic heterocycles. The number of halogens is 1. The van der Waals surface area contributed by atoms with Gasteiger partial charge < -0.3 is 30.9 Å². The van der Waals surface area contributed by atoms with Crippen molar-refractivity contribution in [1.29, 1.82) is 0 Å². The minimum Gasteiger partial charge on any atom is -1.00 e. The molecule has 1 saturated heterocycles. The molecule has 1 heterocycles. The fourth-order valence-electron chi connectivity index (χ4n) is 4.72. The van der Waals surface area contributed by atoms with E-state index in [1.54, 1.807) is 33.1 Å². The second-order valence-electron chi connectivity index (χ2n) is 13.4. The maximum absolute atomic E-state index is 11.7. The van der Waals surface area contributed by atoms with Crippen LogP contribution in [0.2, 0.25) is 0 Å². The Kier molecular flexibility index (Phi) is 50.0. The molecule has 5 rings (SSSR count). The Bertz CT molecular complexity index is 1660. The van der Waals surface area contributed by atoms with Gasteiger partial charge in [0.15, 0.2) is 0 Å². The van der Waals surface area contributed by atoms with Crippen molar-refractivity contribution in [2.45, 2.75) is 58.7 Å². The van der Waals surface area contributed by atoms with Gasteiger partial charge in [-0.2, -0.15) is 47.4 Å². The number of nitrogens with zero attached hydrogens (tertiary/aromatic N) is 1. The first-order valence-electron chi connectivity index (χ1n) is 19.9. The number of ether oxygens (including phenoxy) is 2. The average molecular weight is 1030 g/mol. The summed E-state index contributed by atoms with van der Waals surface area (Å²) in [6.07, 6.45) is 12.4. The number of hydrogen-bond donors (Lipinski definition) is 3. The summed E-state index contributed by atoms with van der Waals surface area (Å²) >= 11 is 0. The summed E-state index contributed by atoms with van der Waals surface area (Å²) in [6, 6.07) is 33.3. The molecular weight excluding hydrogens is 960 g/mol. The van der Waals surface area contributed by atoms with E-state index in [1.807, 2.05) is 143 Å². The molecule has 0 amide bonds. The molecular formula is C44H70ClMgN4O12P4+. The van der Waals surface area contributed by atoms with Gasteiger partial charge in [0.1, 0.15) is 12.2 Å². The molecule has 1 fully saturated rings. The van der Waals surface area contributed by atoms with Crippen LogP contribution in [0.4, 0.5) is 0 Å². The van der Waals surface area contributed by atoms with Crippen LogP contribution >= 0.6 is 32.9 Å². The third-order valence-electron chi connectivity index (χ3n) is 7.93. The van der Waals surface area contributed by atoms with Crippen LogP contribution in [0.15, 0.2) is 121 Å². The van der Waals surface area contributed by atoms with Gasteiger partial charge >= 0.3 is 55.9 Å². The Hall–Kier alpha value is -1.97. The van der Waals surface area contributed by atoms with Gasteiger partial charge in [-0.1, -0.05) is 60.7 Å². The minimum absolute atomic E-state index is 0. The maximum Gasteiger partial charge on any atom is 2.00 e. The molecule has 3 aromatic carbocycles. The Morgan fingerprint density at radius 3 is 1.41 bits per heavy atom. The third kappa shape index (κ3) is 37.9. The van der Waals surface area contributed by atoms with E-state index < -0.39 is 15.5 Å². The van der Waals surface area contributed by atoms with Gasteiger partial charge in [0.25, 0.3) is 0 Å². The monoisotopic (exact) mass is 1030 g/mol. The Morgan fingerprint density at radius 1 is 0.727 bits per heavy atom. The average Bonchev–Trinajstić information content (AvgIpc) is 4.08. The SMILES string of the molecule is CC(Cc1ccccc1)NOP=O.CC(Cc1ccccc1)NOP=O.COC.COC.COP(=O)(NCC(C)C1=CC=C[C+]=C1)OC.COP(=O)(OC)N1CC1C.[Cl-].[Mg+2].[c-]1ccccc1. The Morgan fingerprint density at radius 2 is 1.14 bits per heavy atom. The number of hydrogen-bond acceptors (Lipinski definition) is 14. The summed E-state index contributed by atoms with van der Waals surface area (Å²) in [5.41, 5.74) is 8.91. The standard InChI is InChI=1S/C11H17NO3P.2C9H12NO2P.C6H5.C5H12NO3P.2C2H6O.ClH.Mg/c1-10(11-7-5-4-6-8-11)9-12-16(13,14-2)15-3;2*1-8(10-12-13-11)7-9-5-3-2-4-6-9;1-2-4-6-5-3-1;1-5-4-6(5)10(7,8-2)9-3;2*1-3-2;;/h4-5,7-8,10H,9H2,1-3H3,(H,12,13);2*2-6,8,10H,7H2,1H3;1-5H;5H,4H2,1-3H3;2*1-2H3;1H;/q+1;;;-1;;;;;+2/p-1. The predicted octanol–water partition coefficient (Wildman–Crippen LogP) is 6.89. The Labute approximate surface area is 420 Å². The summed E-state index contributed by atoms with van der Waals surface area (Å²) in [5, 5.41) is 2.79. The minimum atomic E-state index is -3.12. The van der Waals surface area contributed by atoms with Crippen molar-refractivity contribution in [3.05, 3.63) is 144 Å². The fourth-order valence-corrected chi connectivity index (χ4v) is 7.56. The van der Waals surface area contributed by atoms with Crippen LogP contribution in [0.3, 0.4) is 0 Å². The molecule has 5 atom stereocenters. The van der Waals surface area contributed by atoms with Crippen molar-refractivity contribution in [3.8, 4) is 0 Å². The molecule has 5 unspecified atom stereocenters. The molecule has 2 aliphatic rings. The van der Waals surface area contributed by atoms with Crippen LogP contribution in [0.25, 0.3) is 0 Å². The second-order valence-corrected chi connectivity index (χ2v) is 18.3. The number of nitrogens with one attached hydrogen (secondary N) is 3. The van der Waals surface area contributed by atoms with Crippen LogP contribution in [0.5, 0.6) is 0 Å². The number of hydroxylamine groups is 2. The van der Waals surface area contributed by atoms with E-state index in [1.165, 1.54) is 39.6 Å². The summed E-state index contributed by atoms with van der Waals surface area (Å²) in [7, 11) is 5.36. The molecule has 1 aliphatic heterocycles. The molecule has 3 aromatic rings. The summed E-state index contributed by atoms with van der Waals surface area (Å²) in [5.74, 6) is 0.219. The summed E-state index contributed by atoms with van der Waals surface area (Å²) in [6.45, 7) is 9.28. The van der Waals surface area contributed by atoms with E-state index in [0.29, 0.717) is 12.6 Å².